The molecule has 0 spiro atoms. The smallest absolute Gasteiger partial charge is 0.303 e. The summed E-state index contributed by atoms with van der Waals surface area (Å²) in [7, 11) is 1.63. The highest BCUT2D eigenvalue weighted by atomic mass is 16.5. The summed E-state index contributed by atoms with van der Waals surface area (Å²) in [5.41, 5.74) is 2.68. The van der Waals surface area contributed by atoms with Gasteiger partial charge in [-0.05, 0) is 105 Å². The van der Waals surface area contributed by atoms with Crippen LogP contribution in [-0.2, 0) is 11.2 Å². The number of hydrogen-bond acceptors (Lipinski definition) is 7. The molecule has 1 aliphatic rings. The molecule has 0 aliphatic carbocycles. The van der Waals surface area contributed by atoms with Gasteiger partial charge in [-0.3, -0.25) is 9.78 Å². The van der Waals surface area contributed by atoms with Crippen LogP contribution >= 0.6 is 0 Å². The van der Waals surface area contributed by atoms with Crippen molar-refractivity contribution < 1.29 is 19.7 Å². The zero-order valence-corrected chi connectivity index (χ0v) is 20.9. The highest BCUT2D eigenvalue weighted by Crippen LogP contribution is 2.34. The second-order valence-electron chi connectivity index (χ2n) is 9.76. The van der Waals surface area contributed by atoms with Gasteiger partial charge in [-0.15, -0.1) is 0 Å². The first-order valence-corrected chi connectivity index (χ1v) is 12.8. The molecule has 1 saturated heterocycles. The Bertz CT molecular complexity index is 1130. The number of aliphatic hydroxyl groups excluding tert-OH is 1. The van der Waals surface area contributed by atoms with Gasteiger partial charge in [0.2, 0.25) is 0 Å². The Kier molecular flexibility index (Phi) is 9.19. The molecule has 3 atom stereocenters. The third kappa shape index (κ3) is 6.98. The van der Waals surface area contributed by atoms with Crippen LogP contribution in [0.2, 0.25) is 0 Å². The molecule has 8 nitrogen and oxygen atoms in total. The van der Waals surface area contributed by atoms with Crippen LogP contribution < -0.4 is 4.74 Å². The Labute approximate surface area is 212 Å². The van der Waals surface area contributed by atoms with Crippen LogP contribution in [0.5, 0.6) is 5.75 Å². The van der Waals surface area contributed by atoms with Crippen molar-refractivity contribution in [3.05, 3.63) is 60.0 Å². The Morgan fingerprint density at radius 1 is 1.19 bits per heavy atom. The number of aliphatic carboxylic acids is 1. The number of likely N-dealkylation sites (tertiary alicyclic amines) is 1. The van der Waals surface area contributed by atoms with Crippen LogP contribution in [0.3, 0.4) is 0 Å². The molecule has 3 heterocycles. The first-order chi connectivity index (χ1) is 17.5. The summed E-state index contributed by atoms with van der Waals surface area (Å²) in [6.45, 7) is 2.74. The van der Waals surface area contributed by atoms with Crippen LogP contribution in [-0.4, -0.2) is 63.0 Å². The predicted octanol–water partition coefficient (Wildman–Crippen LogP) is 4.28. The van der Waals surface area contributed by atoms with Crippen LogP contribution in [0.1, 0.15) is 55.9 Å². The second-order valence-corrected chi connectivity index (χ2v) is 9.76. The number of hydrogen-bond donors (Lipinski definition) is 2. The molecule has 3 aromatic rings. The third-order valence-electron chi connectivity index (χ3n) is 7.35. The number of aryl methyl sites for hydroxylation is 1. The highest BCUT2D eigenvalue weighted by molar-refractivity contribution is 5.83. The molecule has 2 aromatic heterocycles. The number of fused-ring (bicyclic) bond motifs is 1. The van der Waals surface area contributed by atoms with Gasteiger partial charge in [0.25, 0.3) is 0 Å². The number of aliphatic hydroxyl groups is 1. The van der Waals surface area contributed by atoms with Crippen molar-refractivity contribution in [2.45, 2.75) is 51.0 Å². The van der Waals surface area contributed by atoms with E-state index in [4.69, 9.17) is 4.74 Å². The molecular weight excluding hydrogens is 456 g/mol. The summed E-state index contributed by atoms with van der Waals surface area (Å²) in [5, 5.41) is 29.6. The van der Waals surface area contributed by atoms with E-state index in [1.54, 1.807) is 19.5 Å². The number of unbranched alkanes of at least 4 members (excludes halogenated alkanes) is 1. The molecule has 1 fully saturated rings. The Hall–Kier alpha value is -3.10. The van der Waals surface area contributed by atoms with E-state index in [1.807, 2.05) is 36.4 Å². The van der Waals surface area contributed by atoms with Gasteiger partial charge in [-0.2, -0.15) is 10.2 Å². The lowest BCUT2D eigenvalue weighted by Gasteiger charge is -2.38. The second kappa shape index (κ2) is 12.7. The minimum absolute atomic E-state index is 0.0951. The number of ether oxygens (including phenoxy) is 1. The number of carbonyl (C=O) groups is 1. The lowest BCUT2D eigenvalue weighted by molar-refractivity contribution is -0.139. The summed E-state index contributed by atoms with van der Waals surface area (Å²) >= 11 is 0. The monoisotopic (exact) mass is 492 g/mol. The Balaban J connectivity index is 1.31. The number of aromatic nitrogens is 3. The molecule has 0 radical (unpaired) electrons. The van der Waals surface area contributed by atoms with Gasteiger partial charge in [-0.25, -0.2) is 0 Å². The van der Waals surface area contributed by atoms with Gasteiger partial charge in [0.15, 0.2) is 0 Å². The topological polar surface area (TPSA) is 109 Å². The number of benzene rings is 1. The number of pyridine rings is 1. The van der Waals surface area contributed by atoms with Crippen molar-refractivity contribution in [2.24, 2.45) is 11.8 Å². The SMILES string of the molecule is COc1ccc2nccc([C@H](O)CC[C@@H]3CCN(CCCCc4cccnn4)C[C@@H]3CC(=O)O)c2c1. The normalized spacial score (nSPS) is 19.3. The van der Waals surface area contributed by atoms with Gasteiger partial charge in [0.05, 0.1) is 24.4 Å². The molecule has 0 unspecified atom stereocenters. The van der Waals surface area contributed by atoms with E-state index < -0.39 is 12.1 Å². The summed E-state index contributed by atoms with van der Waals surface area (Å²) in [4.78, 5) is 18.4. The third-order valence-corrected chi connectivity index (χ3v) is 7.35. The van der Waals surface area contributed by atoms with Gasteiger partial charge in [0.1, 0.15) is 5.75 Å². The van der Waals surface area contributed by atoms with E-state index >= 15 is 0 Å². The lowest BCUT2D eigenvalue weighted by Crippen LogP contribution is -2.41. The molecule has 1 aliphatic heterocycles. The van der Waals surface area contributed by atoms with Crippen LogP contribution in [0.25, 0.3) is 10.9 Å². The fourth-order valence-electron chi connectivity index (χ4n) is 5.39. The number of carboxylic acid groups (broad SMARTS) is 1. The van der Waals surface area contributed by atoms with Crippen molar-refractivity contribution >= 4 is 16.9 Å². The molecule has 8 heteroatoms. The number of rotatable bonds is 12. The van der Waals surface area contributed by atoms with E-state index in [-0.39, 0.29) is 18.3 Å². The number of carboxylic acids is 1. The largest absolute Gasteiger partial charge is 0.497 e. The first kappa shape index (κ1) is 26.0. The Morgan fingerprint density at radius 3 is 2.86 bits per heavy atom. The van der Waals surface area contributed by atoms with Crippen LogP contribution in [0.4, 0.5) is 0 Å². The zero-order valence-electron chi connectivity index (χ0n) is 20.9. The maximum Gasteiger partial charge on any atom is 0.303 e. The maximum absolute atomic E-state index is 11.6. The molecule has 0 amide bonds. The van der Waals surface area contributed by atoms with Gasteiger partial charge >= 0.3 is 5.97 Å². The average molecular weight is 493 g/mol. The van der Waals surface area contributed by atoms with Crippen molar-refractivity contribution in [3.63, 3.8) is 0 Å². The van der Waals surface area contributed by atoms with Crippen molar-refractivity contribution in [1.29, 1.82) is 0 Å². The summed E-state index contributed by atoms with van der Waals surface area (Å²) < 4.78 is 5.36. The zero-order chi connectivity index (χ0) is 25.3. The maximum atomic E-state index is 11.6. The van der Waals surface area contributed by atoms with Crippen LogP contribution in [0, 0.1) is 11.8 Å². The van der Waals surface area contributed by atoms with E-state index in [2.05, 4.69) is 20.1 Å². The summed E-state index contributed by atoms with van der Waals surface area (Å²) in [6, 6.07) is 11.5. The summed E-state index contributed by atoms with van der Waals surface area (Å²) in [5.74, 6) is 0.365. The van der Waals surface area contributed by atoms with E-state index in [1.165, 1.54) is 0 Å². The number of nitrogens with zero attached hydrogens (tertiary/aromatic N) is 4. The average Bonchev–Trinajstić information content (AvgIpc) is 2.90. The fraction of sp³-hybridized carbons (Fsp3) is 0.500. The molecule has 2 N–H and O–H groups in total. The number of piperidine rings is 1. The number of methoxy groups -OCH3 is 1. The minimum atomic E-state index is -0.748. The molecule has 36 heavy (non-hydrogen) atoms. The highest BCUT2D eigenvalue weighted by Gasteiger charge is 2.31. The van der Waals surface area contributed by atoms with Crippen molar-refractivity contribution in [3.8, 4) is 5.75 Å². The first-order valence-electron chi connectivity index (χ1n) is 12.8. The van der Waals surface area contributed by atoms with E-state index in [9.17, 15) is 15.0 Å². The quantitative estimate of drug-likeness (QED) is 0.361. The molecule has 4 rings (SSSR count). The van der Waals surface area contributed by atoms with Crippen molar-refractivity contribution in [1.82, 2.24) is 20.1 Å². The minimum Gasteiger partial charge on any atom is -0.497 e. The van der Waals surface area contributed by atoms with Gasteiger partial charge in [0, 0.05) is 30.7 Å². The molecule has 0 saturated carbocycles. The Morgan fingerprint density at radius 2 is 2.08 bits per heavy atom. The fourth-order valence-corrected chi connectivity index (χ4v) is 5.39. The standard InChI is InChI=1S/C28H36N4O4/c1-36-23-8-9-26-25(18-23)24(11-14-29-26)27(33)10-7-20-12-16-32(19-21(20)17-28(34)35)15-3-2-5-22-6-4-13-30-31-22/h4,6,8-9,11,13-14,18,20-21,27,33H,2-3,5,7,10,12,15-17,19H2,1H3,(H,34,35)/t20-,21+,27-/m1/s1. The van der Waals surface area contributed by atoms with Crippen LogP contribution in [0.15, 0.2) is 48.8 Å². The van der Waals surface area contributed by atoms with Gasteiger partial charge < -0.3 is 19.8 Å². The molecule has 192 valence electrons. The lowest BCUT2D eigenvalue weighted by atomic mass is 9.79. The van der Waals surface area contributed by atoms with Gasteiger partial charge in [-0.1, -0.05) is 0 Å². The predicted molar refractivity (Wildman–Crippen MR) is 138 cm³/mol. The molecule has 0 bridgehead atoms. The molecule has 1 aromatic carbocycles. The molecular formula is C28H36N4O4. The van der Waals surface area contributed by atoms with E-state index in [0.717, 1.165) is 79.6 Å². The van der Waals surface area contributed by atoms with Crippen molar-refractivity contribution in [2.75, 3.05) is 26.7 Å². The summed E-state index contributed by atoms with van der Waals surface area (Å²) in [6.07, 6.45) is 8.31. The van der Waals surface area contributed by atoms with E-state index in [0.29, 0.717) is 6.42 Å².